The lowest BCUT2D eigenvalue weighted by Gasteiger charge is -2.23. The second kappa shape index (κ2) is 8.90. The topological polar surface area (TPSA) is 50.2 Å². The van der Waals surface area contributed by atoms with E-state index in [1.54, 1.807) is 11.3 Å². The molecule has 0 bridgehead atoms. The van der Waals surface area contributed by atoms with Gasteiger partial charge in [-0.25, -0.2) is 0 Å². The standard InChI is InChI=1S/C21H25ClN4OS/c1-14-20(15(2)26(24-14)13-16-8-5-6-9-17(16)22)21(27)23-12-18(25(3)4)19-10-7-11-28-19/h5-11,18H,12-13H2,1-4H3,(H,23,27). The molecule has 0 spiro atoms. The quantitative estimate of drug-likeness (QED) is 0.624. The van der Waals surface area contributed by atoms with Gasteiger partial charge < -0.3 is 10.2 Å². The van der Waals surface area contributed by atoms with Crippen LogP contribution in [0.25, 0.3) is 0 Å². The van der Waals surface area contributed by atoms with Gasteiger partial charge in [0.1, 0.15) is 0 Å². The molecule has 7 heteroatoms. The van der Waals surface area contributed by atoms with Crippen LogP contribution in [0, 0.1) is 13.8 Å². The highest BCUT2D eigenvalue weighted by Gasteiger charge is 2.21. The SMILES string of the molecule is Cc1nn(Cc2ccccc2Cl)c(C)c1C(=O)NCC(c1cccs1)N(C)C. The first-order valence-corrected chi connectivity index (χ1v) is 10.4. The number of aryl methyl sites for hydroxylation is 1. The zero-order valence-corrected chi connectivity index (χ0v) is 18.1. The van der Waals surface area contributed by atoms with E-state index in [4.69, 9.17) is 11.6 Å². The van der Waals surface area contributed by atoms with Gasteiger partial charge in [-0.2, -0.15) is 5.10 Å². The molecule has 1 unspecified atom stereocenters. The minimum Gasteiger partial charge on any atom is -0.350 e. The predicted molar refractivity (Wildman–Crippen MR) is 115 cm³/mol. The van der Waals surface area contributed by atoms with Crippen molar-refractivity contribution < 1.29 is 4.79 Å². The second-order valence-electron chi connectivity index (χ2n) is 7.00. The molecule has 1 atom stereocenters. The minimum absolute atomic E-state index is 0.0937. The number of nitrogens with one attached hydrogen (secondary N) is 1. The number of likely N-dealkylation sites (N-methyl/N-ethyl adjacent to an activating group) is 1. The number of carbonyl (C=O) groups excluding carboxylic acids is 1. The van der Waals surface area contributed by atoms with Crippen LogP contribution in [-0.2, 0) is 6.54 Å². The van der Waals surface area contributed by atoms with Gasteiger partial charge in [-0.15, -0.1) is 11.3 Å². The van der Waals surface area contributed by atoms with Crippen molar-refractivity contribution in [1.82, 2.24) is 20.0 Å². The summed E-state index contributed by atoms with van der Waals surface area (Å²) in [5.74, 6) is -0.0937. The zero-order valence-electron chi connectivity index (χ0n) is 16.6. The lowest BCUT2D eigenvalue weighted by molar-refractivity contribution is 0.0941. The van der Waals surface area contributed by atoms with Crippen LogP contribution < -0.4 is 5.32 Å². The van der Waals surface area contributed by atoms with Crippen molar-refractivity contribution in [2.45, 2.75) is 26.4 Å². The Morgan fingerprint density at radius 3 is 2.64 bits per heavy atom. The summed E-state index contributed by atoms with van der Waals surface area (Å²) in [6, 6.07) is 12.0. The van der Waals surface area contributed by atoms with Crippen molar-refractivity contribution in [1.29, 1.82) is 0 Å². The molecule has 0 saturated heterocycles. The number of benzene rings is 1. The van der Waals surface area contributed by atoms with Gasteiger partial charge in [0.15, 0.2) is 0 Å². The number of amides is 1. The van der Waals surface area contributed by atoms with Crippen molar-refractivity contribution >= 4 is 28.8 Å². The van der Waals surface area contributed by atoms with Crippen molar-refractivity contribution in [3.63, 3.8) is 0 Å². The maximum atomic E-state index is 12.9. The summed E-state index contributed by atoms with van der Waals surface area (Å²) in [6.45, 7) is 4.87. The number of nitrogens with zero attached hydrogens (tertiary/aromatic N) is 3. The Hall–Kier alpha value is -2.15. The van der Waals surface area contributed by atoms with E-state index in [1.807, 2.05) is 63.0 Å². The van der Waals surface area contributed by atoms with E-state index >= 15 is 0 Å². The van der Waals surface area contributed by atoms with E-state index in [0.29, 0.717) is 23.7 Å². The molecule has 3 rings (SSSR count). The first-order valence-electron chi connectivity index (χ1n) is 9.14. The third-order valence-corrected chi connectivity index (χ3v) is 6.18. The number of hydrogen-bond donors (Lipinski definition) is 1. The predicted octanol–water partition coefficient (Wildman–Crippen LogP) is 4.30. The average Bonchev–Trinajstić information content (AvgIpc) is 3.25. The van der Waals surface area contributed by atoms with E-state index in [-0.39, 0.29) is 11.9 Å². The van der Waals surface area contributed by atoms with Crippen molar-refractivity contribution in [3.8, 4) is 0 Å². The molecule has 0 fully saturated rings. The summed E-state index contributed by atoms with van der Waals surface area (Å²) in [4.78, 5) is 16.3. The number of halogens is 1. The molecule has 28 heavy (non-hydrogen) atoms. The Labute approximate surface area is 174 Å². The summed E-state index contributed by atoms with van der Waals surface area (Å²) in [6.07, 6.45) is 0. The van der Waals surface area contributed by atoms with Gasteiger partial charge in [0.2, 0.25) is 0 Å². The summed E-state index contributed by atoms with van der Waals surface area (Å²) < 4.78 is 1.84. The molecule has 148 valence electrons. The molecule has 0 radical (unpaired) electrons. The van der Waals surface area contributed by atoms with Crippen molar-refractivity contribution in [3.05, 3.63) is 74.2 Å². The Morgan fingerprint density at radius 2 is 2.00 bits per heavy atom. The highest BCUT2D eigenvalue weighted by molar-refractivity contribution is 7.10. The first kappa shape index (κ1) is 20.6. The van der Waals surface area contributed by atoms with E-state index in [1.165, 1.54) is 4.88 Å². The van der Waals surface area contributed by atoms with Crippen molar-refractivity contribution in [2.75, 3.05) is 20.6 Å². The summed E-state index contributed by atoms with van der Waals surface area (Å²) in [5, 5.41) is 10.4. The number of hydrogen-bond acceptors (Lipinski definition) is 4. The smallest absolute Gasteiger partial charge is 0.255 e. The second-order valence-corrected chi connectivity index (χ2v) is 8.39. The van der Waals surface area contributed by atoms with Gasteiger partial charge in [-0.05, 0) is 51.0 Å². The van der Waals surface area contributed by atoms with E-state index in [9.17, 15) is 4.79 Å². The van der Waals surface area contributed by atoms with Crippen LogP contribution in [0.4, 0.5) is 0 Å². The summed E-state index contributed by atoms with van der Waals surface area (Å²) in [7, 11) is 4.04. The van der Waals surface area contributed by atoms with Crippen LogP contribution in [0.5, 0.6) is 0 Å². The third-order valence-electron chi connectivity index (χ3n) is 4.84. The molecule has 2 aromatic heterocycles. The fourth-order valence-corrected chi connectivity index (χ4v) is 4.38. The zero-order chi connectivity index (χ0) is 20.3. The van der Waals surface area contributed by atoms with Crippen LogP contribution in [0.2, 0.25) is 5.02 Å². The highest BCUT2D eigenvalue weighted by atomic mass is 35.5. The summed E-state index contributed by atoms with van der Waals surface area (Å²) >= 11 is 7.97. The number of carbonyl (C=O) groups is 1. The monoisotopic (exact) mass is 416 g/mol. The molecule has 5 nitrogen and oxygen atoms in total. The summed E-state index contributed by atoms with van der Waals surface area (Å²) in [5.41, 5.74) is 3.18. The highest BCUT2D eigenvalue weighted by Crippen LogP contribution is 2.23. The van der Waals surface area contributed by atoms with Crippen molar-refractivity contribution in [2.24, 2.45) is 0 Å². The van der Waals surface area contributed by atoms with Gasteiger partial charge in [-0.3, -0.25) is 9.48 Å². The third kappa shape index (κ3) is 4.46. The van der Waals surface area contributed by atoms with Gasteiger partial charge >= 0.3 is 0 Å². The van der Waals surface area contributed by atoms with Crippen LogP contribution in [0.1, 0.15) is 38.2 Å². The number of aromatic nitrogens is 2. The molecule has 1 amide bonds. The lowest BCUT2D eigenvalue weighted by Crippen LogP contribution is -2.34. The average molecular weight is 417 g/mol. The molecular formula is C21H25ClN4OS. The largest absolute Gasteiger partial charge is 0.350 e. The maximum absolute atomic E-state index is 12.9. The Bertz CT molecular complexity index is 949. The van der Waals surface area contributed by atoms with Crippen LogP contribution >= 0.6 is 22.9 Å². The van der Waals surface area contributed by atoms with Gasteiger partial charge in [0.05, 0.1) is 23.8 Å². The Morgan fingerprint density at radius 1 is 1.25 bits per heavy atom. The van der Waals surface area contributed by atoms with Gasteiger partial charge in [0, 0.05) is 22.1 Å². The Kier molecular flexibility index (Phi) is 6.54. The molecule has 0 aliphatic carbocycles. The normalized spacial score (nSPS) is 12.4. The lowest BCUT2D eigenvalue weighted by atomic mass is 10.1. The fraction of sp³-hybridized carbons (Fsp3) is 0.333. The first-order chi connectivity index (χ1) is 13.4. The fourth-order valence-electron chi connectivity index (χ4n) is 3.26. The van der Waals surface area contributed by atoms with E-state index < -0.39 is 0 Å². The molecule has 3 aromatic rings. The van der Waals surface area contributed by atoms with Crippen LogP contribution in [0.3, 0.4) is 0 Å². The molecule has 0 aliphatic heterocycles. The van der Waals surface area contributed by atoms with Crippen LogP contribution in [-0.4, -0.2) is 41.2 Å². The Balaban J connectivity index is 1.75. The molecule has 0 aliphatic rings. The van der Waals surface area contributed by atoms with Gasteiger partial charge in [0.25, 0.3) is 5.91 Å². The maximum Gasteiger partial charge on any atom is 0.255 e. The number of thiophene rings is 1. The molecule has 0 saturated carbocycles. The van der Waals surface area contributed by atoms with E-state index in [0.717, 1.165) is 17.0 Å². The molecule has 1 aromatic carbocycles. The minimum atomic E-state index is -0.0937. The molecule has 2 heterocycles. The molecular weight excluding hydrogens is 392 g/mol. The van der Waals surface area contributed by atoms with Crippen LogP contribution in [0.15, 0.2) is 41.8 Å². The number of rotatable bonds is 7. The van der Waals surface area contributed by atoms with Gasteiger partial charge in [-0.1, -0.05) is 35.9 Å². The molecule has 1 N–H and O–H groups in total. The van der Waals surface area contributed by atoms with E-state index in [2.05, 4.69) is 26.8 Å².